The number of benzene rings is 2. The van der Waals surface area contributed by atoms with E-state index in [1.54, 1.807) is 11.3 Å². The van der Waals surface area contributed by atoms with Crippen LogP contribution in [0.4, 0.5) is 0 Å². The molecule has 28 heavy (non-hydrogen) atoms. The van der Waals surface area contributed by atoms with Crippen LogP contribution in [-0.2, 0) is 11.8 Å². The van der Waals surface area contributed by atoms with Gasteiger partial charge in [-0.2, -0.15) is 0 Å². The minimum atomic E-state index is 0.155. The fourth-order valence-electron chi connectivity index (χ4n) is 4.04. The van der Waals surface area contributed by atoms with Gasteiger partial charge in [-0.15, -0.1) is 10.2 Å². The Hall–Kier alpha value is -2.72. The van der Waals surface area contributed by atoms with E-state index in [1.807, 2.05) is 0 Å². The van der Waals surface area contributed by atoms with Crippen molar-refractivity contribution in [1.82, 2.24) is 15.2 Å². The van der Waals surface area contributed by atoms with E-state index < -0.39 is 0 Å². The van der Waals surface area contributed by atoms with Crippen LogP contribution in [0.15, 0.2) is 48.5 Å². The Morgan fingerprint density at radius 3 is 2.39 bits per heavy atom. The van der Waals surface area contributed by atoms with Crippen LogP contribution in [-0.4, -0.2) is 15.2 Å². The number of fused-ring (bicyclic) bond motifs is 3. The Morgan fingerprint density at radius 2 is 1.64 bits per heavy atom. The van der Waals surface area contributed by atoms with Gasteiger partial charge in [0.25, 0.3) is 0 Å². The molecule has 0 radical (unpaired) electrons. The SMILES string of the molecule is Cc1[nH]c2c(c1-c1nnc(-c3ccc(C(C)(C)C)cc3)s1)Cc1ccccc1-2. The van der Waals surface area contributed by atoms with Gasteiger partial charge in [-0.05, 0) is 29.0 Å². The van der Waals surface area contributed by atoms with Crippen molar-refractivity contribution in [3.8, 4) is 32.4 Å². The molecule has 2 heterocycles. The van der Waals surface area contributed by atoms with Gasteiger partial charge in [0, 0.05) is 28.8 Å². The van der Waals surface area contributed by atoms with E-state index in [-0.39, 0.29) is 5.41 Å². The zero-order chi connectivity index (χ0) is 19.5. The molecule has 0 atom stereocenters. The quantitative estimate of drug-likeness (QED) is 0.383. The average Bonchev–Trinajstić information content (AvgIpc) is 3.35. The summed E-state index contributed by atoms with van der Waals surface area (Å²) in [6, 6.07) is 17.4. The lowest BCUT2D eigenvalue weighted by atomic mass is 9.87. The third kappa shape index (κ3) is 2.71. The zero-order valence-electron chi connectivity index (χ0n) is 16.6. The van der Waals surface area contributed by atoms with Crippen LogP contribution in [0.5, 0.6) is 0 Å². The molecule has 140 valence electrons. The molecule has 4 aromatic rings. The molecule has 3 nitrogen and oxygen atoms in total. The van der Waals surface area contributed by atoms with Crippen molar-refractivity contribution in [2.24, 2.45) is 0 Å². The lowest BCUT2D eigenvalue weighted by Gasteiger charge is -2.18. The monoisotopic (exact) mass is 385 g/mol. The molecule has 4 heteroatoms. The lowest BCUT2D eigenvalue weighted by molar-refractivity contribution is 0.590. The number of aromatic nitrogens is 3. The Balaban J connectivity index is 1.52. The van der Waals surface area contributed by atoms with Crippen molar-refractivity contribution in [2.45, 2.75) is 39.5 Å². The van der Waals surface area contributed by atoms with Crippen LogP contribution in [0.1, 0.15) is 43.2 Å². The van der Waals surface area contributed by atoms with Gasteiger partial charge in [0.1, 0.15) is 10.0 Å². The molecule has 1 N–H and O–H groups in total. The normalized spacial score (nSPS) is 12.9. The van der Waals surface area contributed by atoms with E-state index in [1.165, 1.54) is 39.2 Å². The van der Waals surface area contributed by atoms with Gasteiger partial charge in [-0.3, -0.25) is 0 Å². The molecule has 0 saturated heterocycles. The summed E-state index contributed by atoms with van der Waals surface area (Å²) in [5.74, 6) is 0. The smallest absolute Gasteiger partial charge is 0.150 e. The molecule has 0 spiro atoms. The number of nitrogens with zero attached hydrogens (tertiary/aromatic N) is 2. The molecule has 1 aliphatic carbocycles. The predicted octanol–water partition coefficient (Wildman–Crippen LogP) is 6.38. The Bertz CT molecular complexity index is 1170. The fourth-order valence-corrected chi connectivity index (χ4v) is 5.01. The summed E-state index contributed by atoms with van der Waals surface area (Å²) in [5, 5.41) is 11.0. The van der Waals surface area contributed by atoms with Crippen LogP contribution in [0.25, 0.3) is 32.4 Å². The van der Waals surface area contributed by atoms with Gasteiger partial charge in [0.2, 0.25) is 0 Å². The van der Waals surface area contributed by atoms with Crippen LogP contribution < -0.4 is 0 Å². The van der Waals surface area contributed by atoms with E-state index >= 15 is 0 Å². The predicted molar refractivity (Wildman–Crippen MR) is 117 cm³/mol. The van der Waals surface area contributed by atoms with Crippen molar-refractivity contribution in [3.05, 3.63) is 70.9 Å². The van der Waals surface area contributed by atoms with E-state index in [9.17, 15) is 0 Å². The number of H-pyrrole nitrogens is 1. The van der Waals surface area contributed by atoms with E-state index in [2.05, 4.69) is 91.4 Å². The highest BCUT2D eigenvalue weighted by Crippen LogP contribution is 2.44. The number of hydrogen-bond donors (Lipinski definition) is 1. The highest BCUT2D eigenvalue weighted by molar-refractivity contribution is 7.18. The van der Waals surface area contributed by atoms with Gasteiger partial charge in [0.05, 0.1) is 5.69 Å². The molecule has 0 amide bonds. The van der Waals surface area contributed by atoms with Crippen LogP contribution in [0, 0.1) is 6.92 Å². The summed E-state index contributed by atoms with van der Waals surface area (Å²) in [6.45, 7) is 8.84. The van der Waals surface area contributed by atoms with Gasteiger partial charge >= 0.3 is 0 Å². The summed E-state index contributed by atoms with van der Waals surface area (Å²) in [6.07, 6.45) is 0.959. The second-order valence-electron chi connectivity index (χ2n) is 8.55. The molecule has 5 rings (SSSR count). The van der Waals surface area contributed by atoms with Gasteiger partial charge in [-0.1, -0.05) is 80.6 Å². The van der Waals surface area contributed by atoms with Crippen molar-refractivity contribution < 1.29 is 0 Å². The van der Waals surface area contributed by atoms with E-state index in [0.29, 0.717) is 0 Å². The second-order valence-corrected chi connectivity index (χ2v) is 9.53. The molecular formula is C24H23N3S. The van der Waals surface area contributed by atoms with Crippen molar-refractivity contribution in [3.63, 3.8) is 0 Å². The maximum Gasteiger partial charge on any atom is 0.150 e. The molecule has 0 saturated carbocycles. The van der Waals surface area contributed by atoms with Gasteiger partial charge < -0.3 is 4.98 Å². The molecule has 2 aromatic carbocycles. The first-order valence-electron chi connectivity index (χ1n) is 9.66. The Morgan fingerprint density at radius 1 is 0.929 bits per heavy atom. The van der Waals surface area contributed by atoms with E-state index in [4.69, 9.17) is 0 Å². The Labute approximate surface area is 169 Å². The highest BCUT2D eigenvalue weighted by atomic mass is 32.1. The number of nitrogens with one attached hydrogen (secondary N) is 1. The first-order valence-corrected chi connectivity index (χ1v) is 10.5. The Kier molecular flexibility index (Phi) is 3.81. The van der Waals surface area contributed by atoms with Gasteiger partial charge in [-0.25, -0.2) is 0 Å². The highest BCUT2D eigenvalue weighted by Gasteiger charge is 2.27. The molecular weight excluding hydrogens is 362 g/mol. The molecule has 0 unspecified atom stereocenters. The summed E-state index contributed by atoms with van der Waals surface area (Å²) in [4.78, 5) is 3.59. The van der Waals surface area contributed by atoms with Crippen molar-refractivity contribution >= 4 is 11.3 Å². The lowest BCUT2D eigenvalue weighted by Crippen LogP contribution is -2.10. The molecule has 0 fully saturated rings. The third-order valence-corrected chi connectivity index (χ3v) is 6.57. The maximum absolute atomic E-state index is 4.56. The number of rotatable bonds is 2. The second kappa shape index (κ2) is 6.14. The first-order chi connectivity index (χ1) is 13.4. The minimum absolute atomic E-state index is 0.155. The standard InChI is InChI=1S/C24H23N3S/c1-14-20(19-13-16-7-5-6-8-18(16)21(19)25-14)23-27-26-22(28-23)15-9-11-17(12-10-15)24(2,3)4/h5-12,25H,13H2,1-4H3. The van der Waals surface area contributed by atoms with Crippen LogP contribution in [0.3, 0.4) is 0 Å². The summed E-state index contributed by atoms with van der Waals surface area (Å²) in [5.41, 5.74) is 10.3. The zero-order valence-corrected chi connectivity index (χ0v) is 17.4. The van der Waals surface area contributed by atoms with Crippen molar-refractivity contribution in [2.75, 3.05) is 0 Å². The van der Waals surface area contributed by atoms with Crippen molar-refractivity contribution in [1.29, 1.82) is 0 Å². The maximum atomic E-state index is 4.56. The third-order valence-electron chi connectivity index (χ3n) is 5.58. The molecule has 0 bridgehead atoms. The van der Waals surface area contributed by atoms with Gasteiger partial charge in [0.15, 0.2) is 0 Å². The van der Waals surface area contributed by atoms with Crippen LogP contribution in [0.2, 0.25) is 0 Å². The first kappa shape index (κ1) is 17.4. The largest absolute Gasteiger partial charge is 0.358 e. The molecule has 2 aromatic heterocycles. The average molecular weight is 386 g/mol. The van der Waals surface area contributed by atoms with Crippen LogP contribution >= 0.6 is 11.3 Å². The number of aryl methyl sites for hydroxylation is 1. The topological polar surface area (TPSA) is 41.6 Å². The number of hydrogen-bond acceptors (Lipinski definition) is 3. The molecule has 0 aliphatic heterocycles. The summed E-state index contributed by atoms with van der Waals surface area (Å²) in [7, 11) is 0. The summed E-state index contributed by atoms with van der Waals surface area (Å²) < 4.78 is 0. The fraction of sp³-hybridized carbons (Fsp3) is 0.250. The van der Waals surface area contributed by atoms with E-state index in [0.717, 1.165) is 22.0 Å². The molecule has 1 aliphatic rings. The number of aromatic amines is 1. The summed E-state index contributed by atoms with van der Waals surface area (Å²) >= 11 is 1.67. The minimum Gasteiger partial charge on any atom is -0.358 e.